The highest BCUT2D eigenvalue weighted by Gasteiger charge is 2.30. The summed E-state index contributed by atoms with van der Waals surface area (Å²) in [6, 6.07) is 10.1. The fourth-order valence-corrected chi connectivity index (χ4v) is 3.42. The molecule has 0 saturated heterocycles. The Hall–Kier alpha value is -2.61. The summed E-state index contributed by atoms with van der Waals surface area (Å²) >= 11 is 1.28. The van der Waals surface area contributed by atoms with Crippen LogP contribution in [0.25, 0.3) is 0 Å². The highest BCUT2D eigenvalue weighted by Crippen LogP contribution is 2.40. The zero-order chi connectivity index (χ0) is 19.9. The van der Waals surface area contributed by atoms with Crippen molar-refractivity contribution in [1.82, 2.24) is 20.1 Å². The molecular weight excluding hydrogens is 376 g/mol. The van der Waals surface area contributed by atoms with Crippen molar-refractivity contribution in [1.29, 1.82) is 0 Å². The van der Waals surface area contributed by atoms with Crippen LogP contribution in [-0.4, -0.2) is 45.0 Å². The lowest BCUT2D eigenvalue weighted by molar-refractivity contribution is -0.152. The summed E-state index contributed by atoms with van der Waals surface area (Å²) in [5.41, 5.74) is 1.15. The van der Waals surface area contributed by atoms with Gasteiger partial charge in [-0.1, -0.05) is 48.2 Å². The van der Waals surface area contributed by atoms with Crippen LogP contribution in [0.3, 0.4) is 0 Å². The van der Waals surface area contributed by atoms with Gasteiger partial charge in [-0.3, -0.25) is 9.59 Å². The third-order valence-corrected chi connectivity index (χ3v) is 5.23. The second-order valence-corrected chi connectivity index (χ2v) is 7.58. The van der Waals surface area contributed by atoms with Gasteiger partial charge in [-0.15, -0.1) is 16.8 Å². The molecule has 1 heterocycles. The van der Waals surface area contributed by atoms with Crippen LogP contribution in [0.1, 0.15) is 37.1 Å². The lowest BCUT2D eigenvalue weighted by Crippen LogP contribution is -2.36. The van der Waals surface area contributed by atoms with E-state index in [0.29, 0.717) is 24.2 Å². The third kappa shape index (κ3) is 5.45. The summed E-state index contributed by atoms with van der Waals surface area (Å²) in [5.74, 6) is 0.675. The second kappa shape index (κ2) is 9.54. The number of ether oxygens (including phenoxy) is 1. The number of nitrogens with one attached hydrogen (secondary N) is 1. The van der Waals surface area contributed by atoms with Crippen LogP contribution in [0, 0.1) is 0 Å². The molecular formula is C20H24N4O3S. The van der Waals surface area contributed by atoms with Crippen LogP contribution in [-0.2, 0) is 20.9 Å². The monoisotopic (exact) mass is 400 g/mol. The van der Waals surface area contributed by atoms with Crippen LogP contribution in [0.4, 0.5) is 0 Å². The van der Waals surface area contributed by atoms with E-state index in [0.717, 1.165) is 24.2 Å². The van der Waals surface area contributed by atoms with Crippen molar-refractivity contribution in [2.24, 2.45) is 0 Å². The number of hydrogen-bond donors (Lipinski definition) is 1. The standard InChI is InChI=1S/C20H24N4O3S/c1-3-11-21-19(26)14(2)27-17(25)13-28-20-23-22-18(16-9-10-16)24(20)12-15-7-5-4-6-8-15/h3-8,14,16H,1,9-13H2,2H3,(H,21,26)/t14-/m1/s1. The molecule has 2 aromatic rings. The molecule has 1 aromatic carbocycles. The first-order valence-electron chi connectivity index (χ1n) is 9.26. The Morgan fingerprint density at radius 2 is 2.11 bits per heavy atom. The number of nitrogens with zero attached hydrogens (tertiary/aromatic N) is 3. The van der Waals surface area contributed by atoms with Crippen molar-refractivity contribution in [3.8, 4) is 0 Å². The quantitative estimate of drug-likeness (QED) is 0.375. The normalized spacial score (nSPS) is 14.3. The van der Waals surface area contributed by atoms with E-state index < -0.39 is 12.1 Å². The molecule has 0 radical (unpaired) electrons. The van der Waals surface area contributed by atoms with Gasteiger partial charge in [-0.2, -0.15) is 0 Å². The fourth-order valence-electron chi connectivity index (χ4n) is 2.69. The molecule has 1 fully saturated rings. The van der Waals surface area contributed by atoms with Crippen LogP contribution in [0.2, 0.25) is 0 Å². The number of aromatic nitrogens is 3. The maximum Gasteiger partial charge on any atom is 0.317 e. The number of esters is 1. The maximum atomic E-state index is 12.1. The highest BCUT2D eigenvalue weighted by atomic mass is 32.2. The SMILES string of the molecule is C=CCNC(=O)[C@@H](C)OC(=O)CSc1nnc(C2CC2)n1Cc1ccccc1. The summed E-state index contributed by atoms with van der Waals surface area (Å²) in [5, 5.41) is 11.9. The summed E-state index contributed by atoms with van der Waals surface area (Å²) < 4.78 is 7.27. The van der Waals surface area contributed by atoms with Crippen molar-refractivity contribution in [2.75, 3.05) is 12.3 Å². The van der Waals surface area contributed by atoms with Crippen molar-refractivity contribution in [3.05, 3.63) is 54.4 Å². The van der Waals surface area contributed by atoms with E-state index in [1.54, 1.807) is 13.0 Å². The molecule has 8 heteroatoms. The van der Waals surface area contributed by atoms with Crippen molar-refractivity contribution in [2.45, 2.75) is 43.5 Å². The first kappa shape index (κ1) is 20.1. The largest absolute Gasteiger partial charge is 0.452 e. The number of carbonyl (C=O) groups excluding carboxylic acids is 2. The molecule has 1 aliphatic rings. The Morgan fingerprint density at radius 3 is 2.79 bits per heavy atom. The lowest BCUT2D eigenvalue weighted by atomic mass is 10.2. The van der Waals surface area contributed by atoms with Gasteiger partial charge in [0.25, 0.3) is 5.91 Å². The molecule has 0 spiro atoms. The van der Waals surface area contributed by atoms with Gasteiger partial charge in [-0.25, -0.2) is 0 Å². The molecule has 1 aliphatic carbocycles. The zero-order valence-corrected chi connectivity index (χ0v) is 16.7. The average Bonchev–Trinajstić information content (AvgIpc) is 3.47. The second-order valence-electron chi connectivity index (χ2n) is 6.64. The molecule has 7 nitrogen and oxygen atoms in total. The molecule has 1 atom stereocenters. The van der Waals surface area contributed by atoms with Gasteiger partial charge in [0.1, 0.15) is 5.82 Å². The minimum Gasteiger partial charge on any atom is -0.452 e. The molecule has 1 amide bonds. The summed E-state index contributed by atoms with van der Waals surface area (Å²) in [6.45, 7) is 6.08. The Morgan fingerprint density at radius 1 is 1.36 bits per heavy atom. The lowest BCUT2D eigenvalue weighted by Gasteiger charge is -2.13. The van der Waals surface area contributed by atoms with Crippen molar-refractivity contribution in [3.63, 3.8) is 0 Å². The predicted molar refractivity (Wildman–Crippen MR) is 107 cm³/mol. The Bertz CT molecular complexity index is 833. The van der Waals surface area contributed by atoms with Gasteiger partial charge in [0, 0.05) is 12.5 Å². The molecule has 0 aliphatic heterocycles. The van der Waals surface area contributed by atoms with Crippen LogP contribution < -0.4 is 5.32 Å². The van der Waals surface area contributed by atoms with E-state index >= 15 is 0 Å². The summed E-state index contributed by atoms with van der Waals surface area (Å²) in [6.07, 6.45) is 2.96. The van der Waals surface area contributed by atoms with E-state index in [-0.39, 0.29) is 11.7 Å². The molecule has 1 saturated carbocycles. The van der Waals surface area contributed by atoms with Gasteiger partial charge in [-0.05, 0) is 25.3 Å². The van der Waals surface area contributed by atoms with Crippen LogP contribution in [0.15, 0.2) is 48.1 Å². The average molecular weight is 401 g/mol. The van der Waals surface area contributed by atoms with Crippen LogP contribution in [0.5, 0.6) is 0 Å². The van der Waals surface area contributed by atoms with E-state index in [1.165, 1.54) is 11.8 Å². The topological polar surface area (TPSA) is 86.1 Å². The molecule has 0 unspecified atom stereocenters. The minimum absolute atomic E-state index is 0.0661. The summed E-state index contributed by atoms with van der Waals surface area (Å²) in [4.78, 5) is 23.9. The molecule has 148 valence electrons. The van der Waals surface area contributed by atoms with Gasteiger partial charge in [0.2, 0.25) is 0 Å². The van der Waals surface area contributed by atoms with Gasteiger partial charge >= 0.3 is 5.97 Å². The number of thioether (sulfide) groups is 1. The number of rotatable bonds is 10. The van der Waals surface area contributed by atoms with Gasteiger partial charge < -0.3 is 14.6 Å². The zero-order valence-electron chi connectivity index (χ0n) is 15.8. The third-order valence-electron chi connectivity index (χ3n) is 4.29. The van der Waals surface area contributed by atoms with E-state index in [4.69, 9.17) is 4.74 Å². The summed E-state index contributed by atoms with van der Waals surface area (Å²) in [7, 11) is 0. The van der Waals surface area contributed by atoms with Crippen molar-refractivity contribution >= 4 is 23.6 Å². The molecule has 0 bridgehead atoms. The number of hydrogen-bond acceptors (Lipinski definition) is 6. The number of amides is 1. The minimum atomic E-state index is -0.850. The highest BCUT2D eigenvalue weighted by molar-refractivity contribution is 7.99. The van der Waals surface area contributed by atoms with Crippen molar-refractivity contribution < 1.29 is 14.3 Å². The predicted octanol–water partition coefficient (Wildman–Crippen LogP) is 2.53. The smallest absolute Gasteiger partial charge is 0.317 e. The Labute approximate surface area is 168 Å². The maximum absolute atomic E-state index is 12.1. The van der Waals surface area contributed by atoms with E-state index in [9.17, 15) is 9.59 Å². The molecule has 1 aromatic heterocycles. The fraction of sp³-hybridized carbons (Fsp3) is 0.400. The first-order chi connectivity index (χ1) is 13.6. The van der Waals surface area contributed by atoms with Crippen LogP contribution >= 0.6 is 11.8 Å². The Kier molecular flexibility index (Phi) is 6.86. The number of benzene rings is 1. The van der Waals surface area contributed by atoms with Gasteiger partial charge in [0.15, 0.2) is 11.3 Å². The first-order valence-corrected chi connectivity index (χ1v) is 10.2. The van der Waals surface area contributed by atoms with Gasteiger partial charge in [0.05, 0.1) is 12.3 Å². The van der Waals surface area contributed by atoms with E-state index in [2.05, 4.69) is 38.8 Å². The number of carbonyl (C=O) groups is 2. The molecule has 28 heavy (non-hydrogen) atoms. The molecule has 1 N–H and O–H groups in total. The van der Waals surface area contributed by atoms with E-state index in [1.807, 2.05) is 18.2 Å². The Balaban J connectivity index is 1.60. The molecule has 3 rings (SSSR count).